The Hall–Kier alpha value is -3.51. The number of nitrogens with one attached hydrogen (secondary N) is 2. The molecule has 4 aromatic rings. The molecule has 0 aliphatic rings. The lowest BCUT2D eigenvalue weighted by atomic mass is 10.1. The van der Waals surface area contributed by atoms with Crippen molar-refractivity contribution in [3.63, 3.8) is 0 Å². The van der Waals surface area contributed by atoms with Crippen LogP contribution >= 0.6 is 11.3 Å². The van der Waals surface area contributed by atoms with Crippen LogP contribution in [0.25, 0.3) is 20.8 Å². The molecule has 0 saturated heterocycles. The average Bonchev–Trinajstić information content (AvgIpc) is 3.14. The van der Waals surface area contributed by atoms with E-state index >= 15 is 0 Å². The fraction of sp³-hybridized carbons (Fsp3) is 0.125. The molecule has 3 aromatic carbocycles. The van der Waals surface area contributed by atoms with Gasteiger partial charge in [0.1, 0.15) is 5.01 Å². The molecule has 6 heteroatoms. The Bertz CT molecular complexity index is 1260. The topological polar surface area (TPSA) is 71.1 Å². The molecule has 0 aliphatic carbocycles. The molecule has 0 aliphatic heterocycles. The minimum Gasteiger partial charge on any atom is -0.318 e. The summed E-state index contributed by atoms with van der Waals surface area (Å²) in [6.07, 6.45) is 0. The number of amides is 2. The number of thiazole rings is 1. The molecule has 0 radical (unpaired) electrons. The van der Waals surface area contributed by atoms with Crippen LogP contribution < -0.4 is 10.6 Å². The van der Waals surface area contributed by atoms with Crippen molar-refractivity contribution in [1.29, 1.82) is 0 Å². The van der Waals surface area contributed by atoms with Gasteiger partial charge >= 0.3 is 11.8 Å². The summed E-state index contributed by atoms with van der Waals surface area (Å²) < 4.78 is 1.14. The van der Waals surface area contributed by atoms with Gasteiger partial charge in [0.15, 0.2) is 0 Å². The van der Waals surface area contributed by atoms with E-state index in [0.717, 1.165) is 31.9 Å². The number of rotatable bonds is 3. The molecule has 0 bridgehead atoms. The molecule has 150 valence electrons. The average molecular weight is 416 g/mol. The van der Waals surface area contributed by atoms with Gasteiger partial charge in [0, 0.05) is 16.9 Å². The molecule has 30 heavy (non-hydrogen) atoms. The van der Waals surface area contributed by atoms with Gasteiger partial charge in [-0.25, -0.2) is 4.98 Å². The van der Waals surface area contributed by atoms with Crippen LogP contribution in [-0.2, 0) is 9.59 Å². The number of carbonyl (C=O) groups is 2. The summed E-state index contributed by atoms with van der Waals surface area (Å²) in [5.41, 5.74) is 6.24. The van der Waals surface area contributed by atoms with Crippen LogP contribution in [0, 0.1) is 20.8 Å². The zero-order chi connectivity index (χ0) is 21.3. The van der Waals surface area contributed by atoms with E-state index in [0.29, 0.717) is 11.4 Å². The second-order valence-corrected chi connectivity index (χ2v) is 8.32. The number of aryl methyl sites for hydroxylation is 3. The van der Waals surface area contributed by atoms with Gasteiger partial charge in [0.25, 0.3) is 0 Å². The van der Waals surface area contributed by atoms with E-state index in [1.165, 1.54) is 5.56 Å². The molecular weight excluding hydrogens is 394 g/mol. The van der Waals surface area contributed by atoms with Crippen LogP contribution in [0.5, 0.6) is 0 Å². The number of benzene rings is 3. The third-order valence-corrected chi connectivity index (χ3v) is 5.85. The Kier molecular flexibility index (Phi) is 5.33. The predicted octanol–water partition coefficient (Wildman–Crippen LogP) is 5.47. The fourth-order valence-corrected chi connectivity index (χ4v) is 4.16. The molecule has 1 heterocycles. The molecular formula is C24H21N3O2S. The quantitative estimate of drug-likeness (QED) is 0.436. The second-order valence-electron chi connectivity index (χ2n) is 7.29. The summed E-state index contributed by atoms with van der Waals surface area (Å²) in [5, 5.41) is 6.23. The number of hydrogen-bond acceptors (Lipinski definition) is 4. The highest BCUT2D eigenvalue weighted by molar-refractivity contribution is 7.21. The molecule has 2 amide bonds. The van der Waals surface area contributed by atoms with Gasteiger partial charge in [-0.2, -0.15) is 0 Å². The molecule has 4 rings (SSSR count). The monoisotopic (exact) mass is 415 g/mol. The fourth-order valence-electron chi connectivity index (χ4n) is 3.09. The lowest BCUT2D eigenvalue weighted by Crippen LogP contribution is -2.29. The maximum Gasteiger partial charge on any atom is 0.314 e. The lowest BCUT2D eigenvalue weighted by molar-refractivity contribution is -0.133. The van der Waals surface area contributed by atoms with Crippen molar-refractivity contribution in [2.24, 2.45) is 0 Å². The molecule has 0 unspecified atom stereocenters. The molecule has 1 aromatic heterocycles. The first kappa shape index (κ1) is 19.8. The highest BCUT2D eigenvalue weighted by Crippen LogP contribution is 2.31. The van der Waals surface area contributed by atoms with E-state index < -0.39 is 11.8 Å². The van der Waals surface area contributed by atoms with E-state index in [4.69, 9.17) is 0 Å². The van der Waals surface area contributed by atoms with Crippen LogP contribution in [0.3, 0.4) is 0 Å². The van der Waals surface area contributed by atoms with Crippen molar-refractivity contribution >= 4 is 44.7 Å². The normalized spacial score (nSPS) is 10.8. The summed E-state index contributed by atoms with van der Waals surface area (Å²) in [5.74, 6) is -1.41. The Morgan fingerprint density at radius 1 is 0.800 bits per heavy atom. The first-order valence-corrected chi connectivity index (χ1v) is 10.4. The van der Waals surface area contributed by atoms with Gasteiger partial charge in [0.05, 0.1) is 10.2 Å². The zero-order valence-corrected chi connectivity index (χ0v) is 17.8. The zero-order valence-electron chi connectivity index (χ0n) is 16.9. The standard InChI is InChI=1S/C24H21N3O2S/c1-14-4-6-16(3)20(12-14)26-23(29)22(28)25-18-9-7-17(8-10-18)24-27-19-11-5-15(2)13-21(19)30-24/h4-13H,1-3H3,(H,25,28)(H,26,29). The summed E-state index contributed by atoms with van der Waals surface area (Å²) in [6.45, 7) is 5.88. The number of hydrogen-bond donors (Lipinski definition) is 2. The third-order valence-electron chi connectivity index (χ3n) is 4.78. The molecule has 0 atom stereocenters. The maximum absolute atomic E-state index is 12.3. The van der Waals surface area contributed by atoms with Gasteiger partial charge < -0.3 is 10.6 Å². The van der Waals surface area contributed by atoms with Crippen molar-refractivity contribution in [1.82, 2.24) is 4.98 Å². The van der Waals surface area contributed by atoms with E-state index in [2.05, 4.69) is 28.6 Å². The van der Waals surface area contributed by atoms with Crippen LogP contribution in [0.4, 0.5) is 11.4 Å². The predicted molar refractivity (Wildman–Crippen MR) is 123 cm³/mol. The van der Waals surface area contributed by atoms with Crippen molar-refractivity contribution in [3.8, 4) is 10.6 Å². The Labute approximate surface area is 178 Å². The van der Waals surface area contributed by atoms with Crippen molar-refractivity contribution in [3.05, 3.63) is 77.4 Å². The van der Waals surface area contributed by atoms with Crippen molar-refractivity contribution < 1.29 is 9.59 Å². The first-order valence-electron chi connectivity index (χ1n) is 9.56. The van der Waals surface area contributed by atoms with E-state index in [-0.39, 0.29) is 0 Å². The summed E-state index contributed by atoms with van der Waals surface area (Å²) in [7, 11) is 0. The maximum atomic E-state index is 12.3. The minimum absolute atomic E-state index is 0.553. The van der Waals surface area contributed by atoms with Crippen LogP contribution in [0.1, 0.15) is 16.7 Å². The van der Waals surface area contributed by atoms with Crippen molar-refractivity contribution in [2.75, 3.05) is 10.6 Å². The first-order chi connectivity index (χ1) is 14.4. The van der Waals surface area contributed by atoms with Gasteiger partial charge in [-0.15, -0.1) is 11.3 Å². The van der Waals surface area contributed by atoms with Crippen LogP contribution in [-0.4, -0.2) is 16.8 Å². The summed E-state index contributed by atoms with van der Waals surface area (Å²) in [4.78, 5) is 29.2. The molecule has 0 saturated carbocycles. The largest absolute Gasteiger partial charge is 0.318 e. The van der Waals surface area contributed by atoms with E-state index in [1.54, 1.807) is 23.5 Å². The lowest BCUT2D eigenvalue weighted by Gasteiger charge is -2.10. The summed E-state index contributed by atoms with van der Waals surface area (Å²) in [6, 6.07) is 19.2. The molecule has 5 nitrogen and oxygen atoms in total. The van der Waals surface area contributed by atoms with Crippen LogP contribution in [0.2, 0.25) is 0 Å². The highest BCUT2D eigenvalue weighted by atomic mass is 32.1. The Morgan fingerprint density at radius 3 is 2.23 bits per heavy atom. The SMILES string of the molecule is Cc1ccc(C)c(NC(=O)C(=O)Nc2ccc(-c3nc4ccc(C)cc4s3)cc2)c1. The van der Waals surface area contributed by atoms with Gasteiger partial charge in [-0.05, 0) is 79.9 Å². The van der Waals surface area contributed by atoms with E-state index in [1.807, 2.05) is 56.3 Å². The van der Waals surface area contributed by atoms with Gasteiger partial charge in [-0.1, -0.05) is 18.2 Å². The number of aromatic nitrogens is 1. The number of fused-ring (bicyclic) bond motifs is 1. The number of anilines is 2. The smallest absolute Gasteiger partial charge is 0.314 e. The minimum atomic E-state index is -0.709. The Balaban J connectivity index is 1.45. The third kappa shape index (κ3) is 4.23. The second kappa shape index (κ2) is 8.08. The number of carbonyl (C=O) groups excluding carboxylic acids is 2. The Morgan fingerprint density at radius 2 is 1.47 bits per heavy atom. The van der Waals surface area contributed by atoms with Crippen LogP contribution in [0.15, 0.2) is 60.7 Å². The molecule has 2 N–H and O–H groups in total. The van der Waals surface area contributed by atoms with Crippen molar-refractivity contribution in [2.45, 2.75) is 20.8 Å². The van der Waals surface area contributed by atoms with Gasteiger partial charge in [0.2, 0.25) is 0 Å². The number of nitrogens with zero attached hydrogens (tertiary/aromatic N) is 1. The summed E-state index contributed by atoms with van der Waals surface area (Å²) >= 11 is 1.63. The van der Waals surface area contributed by atoms with E-state index in [9.17, 15) is 9.59 Å². The van der Waals surface area contributed by atoms with Gasteiger partial charge in [-0.3, -0.25) is 9.59 Å². The highest BCUT2D eigenvalue weighted by Gasteiger charge is 2.15. The molecule has 0 fully saturated rings. The molecule has 0 spiro atoms.